The first-order chi connectivity index (χ1) is 27.5. The average Bonchev–Trinajstić information content (AvgIpc) is 3.18. The van der Waals surface area contributed by atoms with E-state index in [-0.39, 0.29) is 12.6 Å². The summed E-state index contributed by atoms with van der Waals surface area (Å²) >= 11 is 0. The third kappa shape index (κ3) is 33.6. The molecular weight excluding hydrogens is 699 g/mol. The number of benzene rings is 1. The molecule has 0 aromatic heterocycles. The smallest absolute Gasteiger partial charge is 0.157 e. The maximum atomic E-state index is 6.35. The molecule has 0 unspecified atom stereocenters. The summed E-state index contributed by atoms with van der Waals surface area (Å²) in [6, 6.07) is 6.34. The molecule has 1 rings (SSSR count). The summed E-state index contributed by atoms with van der Waals surface area (Å²) in [6.45, 7) is 14.3. The van der Waals surface area contributed by atoms with Gasteiger partial charge >= 0.3 is 0 Å². The molecule has 0 bridgehead atoms. The van der Waals surface area contributed by atoms with Crippen molar-refractivity contribution in [2.75, 3.05) is 53.7 Å². The molecule has 0 N–H and O–H groups in total. The van der Waals surface area contributed by atoms with Crippen LogP contribution < -0.4 is 9.47 Å². The van der Waals surface area contributed by atoms with E-state index in [0.717, 1.165) is 95.8 Å². The molecule has 330 valence electrons. The van der Waals surface area contributed by atoms with Gasteiger partial charge in [0.1, 0.15) is 11.5 Å². The molecular formula is C49H93NO6. The van der Waals surface area contributed by atoms with E-state index in [0.29, 0.717) is 13.2 Å². The number of rotatable bonds is 44. The molecule has 0 fully saturated rings. The van der Waals surface area contributed by atoms with Crippen molar-refractivity contribution < 1.29 is 28.4 Å². The van der Waals surface area contributed by atoms with E-state index in [1.807, 2.05) is 6.07 Å². The summed E-state index contributed by atoms with van der Waals surface area (Å²) in [6.07, 6.45) is 33.5. The third-order valence-electron chi connectivity index (χ3n) is 10.4. The molecule has 1 aromatic carbocycles. The molecule has 0 saturated carbocycles. The van der Waals surface area contributed by atoms with Gasteiger partial charge in [-0.05, 0) is 70.3 Å². The van der Waals surface area contributed by atoms with Crippen LogP contribution in [0.25, 0.3) is 0 Å². The highest BCUT2D eigenvalue weighted by Gasteiger charge is 2.13. The molecule has 7 nitrogen and oxygen atoms in total. The Morgan fingerprint density at radius 1 is 0.375 bits per heavy atom. The van der Waals surface area contributed by atoms with Crippen molar-refractivity contribution in [2.45, 2.75) is 227 Å². The monoisotopic (exact) mass is 792 g/mol. The van der Waals surface area contributed by atoms with Crippen molar-refractivity contribution in [1.82, 2.24) is 4.90 Å². The lowest BCUT2D eigenvalue weighted by molar-refractivity contribution is -0.148. The lowest BCUT2D eigenvalue weighted by Gasteiger charge is -2.20. The minimum absolute atomic E-state index is 0.155. The summed E-state index contributed by atoms with van der Waals surface area (Å²) in [5.41, 5.74) is 1.19. The van der Waals surface area contributed by atoms with Crippen LogP contribution in [0.5, 0.6) is 11.5 Å². The molecule has 7 heteroatoms. The normalized spacial score (nSPS) is 11.8. The van der Waals surface area contributed by atoms with Crippen LogP contribution in [0.3, 0.4) is 0 Å². The first kappa shape index (κ1) is 52.6. The Balaban J connectivity index is 2.64. The van der Waals surface area contributed by atoms with Gasteiger partial charge in [0, 0.05) is 51.9 Å². The molecule has 0 atom stereocenters. The Morgan fingerprint density at radius 3 is 0.982 bits per heavy atom. The summed E-state index contributed by atoms with van der Waals surface area (Å²) in [5, 5.41) is 0. The van der Waals surface area contributed by atoms with E-state index in [9.17, 15) is 0 Å². The first-order valence-corrected chi connectivity index (χ1v) is 24.0. The molecule has 0 aliphatic heterocycles. The van der Waals surface area contributed by atoms with Gasteiger partial charge in [-0.3, -0.25) is 0 Å². The van der Waals surface area contributed by atoms with Crippen LogP contribution in [0.1, 0.15) is 213 Å². The van der Waals surface area contributed by atoms with Crippen LogP contribution in [0.2, 0.25) is 0 Å². The quantitative estimate of drug-likeness (QED) is 0.0482. The minimum atomic E-state index is -0.155. The SMILES string of the molecule is CCCCCCCCOC(CCCOc1cc(CN(C)C)cc(OCCCC(OCCCCCCCC)OCCCCCCCC)c1)OCCCCCCCC. The highest BCUT2D eigenvalue weighted by Crippen LogP contribution is 2.25. The Kier molecular flexibility index (Phi) is 38.0. The Bertz CT molecular complexity index is 843. The molecule has 0 aliphatic carbocycles. The second kappa shape index (κ2) is 40.4. The van der Waals surface area contributed by atoms with Crippen LogP contribution >= 0.6 is 0 Å². The van der Waals surface area contributed by atoms with Gasteiger partial charge < -0.3 is 33.3 Å². The number of hydrogen-bond acceptors (Lipinski definition) is 7. The summed E-state index contributed by atoms with van der Waals surface area (Å²) in [5.74, 6) is 1.72. The van der Waals surface area contributed by atoms with Crippen molar-refractivity contribution in [2.24, 2.45) is 0 Å². The van der Waals surface area contributed by atoms with Crippen molar-refractivity contribution in [3.8, 4) is 11.5 Å². The van der Waals surface area contributed by atoms with Gasteiger partial charge in [-0.1, -0.05) is 156 Å². The fourth-order valence-electron chi connectivity index (χ4n) is 6.95. The van der Waals surface area contributed by atoms with Crippen LogP contribution in [0, 0.1) is 0 Å². The van der Waals surface area contributed by atoms with E-state index in [1.54, 1.807) is 0 Å². The van der Waals surface area contributed by atoms with Crippen LogP contribution in [0.15, 0.2) is 18.2 Å². The molecule has 0 radical (unpaired) electrons. The predicted molar refractivity (Wildman–Crippen MR) is 238 cm³/mol. The molecule has 0 spiro atoms. The van der Waals surface area contributed by atoms with Crippen LogP contribution in [-0.4, -0.2) is 71.2 Å². The minimum Gasteiger partial charge on any atom is -0.493 e. The number of ether oxygens (including phenoxy) is 6. The van der Waals surface area contributed by atoms with Crippen LogP contribution in [-0.2, 0) is 25.5 Å². The van der Waals surface area contributed by atoms with Gasteiger partial charge in [-0.2, -0.15) is 0 Å². The predicted octanol–water partition coefficient (Wildman–Crippen LogP) is 14.2. The Labute approximate surface area is 348 Å². The molecule has 56 heavy (non-hydrogen) atoms. The lowest BCUT2D eigenvalue weighted by atomic mass is 10.1. The third-order valence-corrected chi connectivity index (χ3v) is 10.4. The number of hydrogen-bond donors (Lipinski definition) is 0. The standard InChI is InChI=1S/C49H93NO6/c1-7-11-15-19-23-27-35-53-48(54-36-28-24-20-16-12-8-2)33-31-39-51-46-41-45(44-50(5)6)42-47(43-46)52-40-32-34-49(55-37-29-25-21-17-13-9-3)56-38-30-26-22-18-14-10-4/h41-43,48-49H,7-40,44H2,1-6H3. The first-order valence-electron chi connectivity index (χ1n) is 24.0. The maximum absolute atomic E-state index is 6.35. The highest BCUT2D eigenvalue weighted by atomic mass is 16.7. The second-order valence-electron chi connectivity index (χ2n) is 16.4. The van der Waals surface area contributed by atoms with Gasteiger partial charge in [0.25, 0.3) is 0 Å². The van der Waals surface area contributed by atoms with Crippen molar-refractivity contribution in [3.63, 3.8) is 0 Å². The van der Waals surface area contributed by atoms with Crippen LogP contribution in [0.4, 0.5) is 0 Å². The van der Waals surface area contributed by atoms with E-state index < -0.39 is 0 Å². The van der Waals surface area contributed by atoms with Gasteiger partial charge in [0.15, 0.2) is 12.6 Å². The molecule has 1 aromatic rings. The molecule has 0 amide bonds. The van der Waals surface area contributed by atoms with E-state index in [1.165, 1.54) is 134 Å². The molecule has 0 saturated heterocycles. The number of nitrogens with zero attached hydrogens (tertiary/aromatic N) is 1. The molecule has 0 heterocycles. The Hall–Kier alpha value is -1.38. The van der Waals surface area contributed by atoms with Crippen molar-refractivity contribution in [3.05, 3.63) is 23.8 Å². The summed E-state index contributed by atoms with van der Waals surface area (Å²) < 4.78 is 37.8. The highest BCUT2D eigenvalue weighted by molar-refractivity contribution is 5.38. The van der Waals surface area contributed by atoms with Crippen molar-refractivity contribution in [1.29, 1.82) is 0 Å². The maximum Gasteiger partial charge on any atom is 0.157 e. The van der Waals surface area contributed by atoms with Gasteiger partial charge in [-0.15, -0.1) is 0 Å². The van der Waals surface area contributed by atoms with E-state index >= 15 is 0 Å². The second-order valence-corrected chi connectivity index (χ2v) is 16.4. The zero-order valence-corrected chi connectivity index (χ0v) is 38.0. The fraction of sp³-hybridized carbons (Fsp3) is 0.878. The topological polar surface area (TPSA) is 58.6 Å². The zero-order valence-electron chi connectivity index (χ0n) is 38.0. The number of unbranched alkanes of at least 4 members (excludes halogenated alkanes) is 20. The van der Waals surface area contributed by atoms with Gasteiger partial charge in [-0.25, -0.2) is 0 Å². The lowest BCUT2D eigenvalue weighted by Crippen LogP contribution is -2.20. The largest absolute Gasteiger partial charge is 0.493 e. The van der Waals surface area contributed by atoms with E-state index in [2.05, 4.69) is 58.8 Å². The Morgan fingerprint density at radius 2 is 0.679 bits per heavy atom. The van der Waals surface area contributed by atoms with Gasteiger partial charge in [0.05, 0.1) is 13.2 Å². The zero-order chi connectivity index (χ0) is 40.6. The fourth-order valence-corrected chi connectivity index (χ4v) is 6.95. The summed E-state index contributed by atoms with van der Waals surface area (Å²) in [7, 11) is 4.20. The van der Waals surface area contributed by atoms with Crippen molar-refractivity contribution >= 4 is 0 Å². The van der Waals surface area contributed by atoms with Gasteiger partial charge in [0.2, 0.25) is 0 Å². The summed E-state index contributed by atoms with van der Waals surface area (Å²) in [4.78, 5) is 2.18. The van der Waals surface area contributed by atoms with E-state index in [4.69, 9.17) is 28.4 Å². The molecule has 0 aliphatic rings. The average molecular weight is 792 g/mol.